The molecule has 4 heteroatoms. The number of aliphatic hydroxyl groups excluding tert-OH is 1. The van der Waals surface area contributed by atoms with Crippen LogP contribution in [-0.4, -0.2) is 22.7 Å². The normalized spacial score (nSPS) is 14.3. The second-order valence-corrected chi connectivity index (χ2v) is 4.62. The number of benzene rings is 1. The van der Waals surface area contributed by atoms with Gasteiger partial charge in [0.1, 0.15) is 0 Å². The predicted molar refractivity (Wildman–Crippen MR) is 74.7 cm³/mol. The summed E-state index contributed by atoms with van der Waals surface area (Å²) in [5.74, 6) is 1.41. The van der Waals surface area contributed by atoms with Crippen molar-refractivity contribution in [1.82, 2.24) is 10.3 Å². The lowest BCUT2D eigenvalue weighted by Crippen LogP contribution is -2.28. The predicted octanol–water partition coefficient (Wildman–Crippen LogP) is 2.76. The van der Waals surface area contributed by atoms with E-state index < -0.39 is 0 Å². The first kappa shape index (κ1) is 13.8. The van der Waals surface area contributed by atoms with E-state index in [1.165, 1.54) is 0 Å². The van der Waals surface area contributed by atoms with Gasteiger partial charge < -0.3 is 14.8 Å². The molecule has 2 N–H and O–H groups in total. The second-order valence-electron chi connectivity index (χ2n) is 4.62. The summed E-state index contributed by atoms with van der Waals surface area (Å²) in [6.45, 7) is 4.47. The first-order chi connectivity index (χ1) is 9.20. The fourth-order valence-corrected chi connectivity index (χ4v) is 1.77. The highest BCUT2D eigenvalue weighted by molar-refractivity contribution is 5.55. The lowest BCUT2D eigenvalue weighted by atomic mass is 10.2. The van der Waals surface area contributed by atoms with Crippen LogP contribution in [0.5, 0.6) is 0 Å². The van der Waals surface area contributed by atoms with Gasteiger partial charge in [0.05, 0.1) is 18.3 Å². The van der Waals surface area contributed by atoms with E-state index in [0.717, 1.165) is 17.7 Å². The van der Waals surface area contributed by atoms with Crippen molar-refractivity contribution in [1.29, 1.82) is 0 Å². The van der Waals surface area contributed by atoms with E-state index in [1.54, 1.807) is 6.20 Å². The Morgan fingerprint density at radius 1 is 1.32 bits per heavy atom. The number of oxazole rings is 1. The van der Waals surface area contributed by atoms with Gasteiger partial charge in [0.15, 0.2) is 5.76 Å². The zero-order chi connectivity index (χ0) is 13.7. The van der Waals surface area contributed by atoms with E-state index >= 15 is 0 Å². The zero-order valence-electron chi connectivity index (χ0n) is 11.3. The molecule has 2 rings (SSSR count). The van der Waals surface area contributed by atoms with Crippen molar-refractivity contribution < 1.29 is 9.52 Å². The summed E-state index contributed by atoms with van der Waals surface area (Å²) in [6, 6.07) is 9.87. The summed E-state index contributed by atoms with van der Waals surface area (Å²) in [5, 5.41) is 12.7. The molecule has 0 aliphatic carbocycles. The van der Waals surface area contributed by atoms with E-state index in [9.17, 15) is 5.11 Å². The van der Waals surface area contributed by atoms with Gasteiger partial charge in [0, 0.05) is 12.1 Å². The molecule has 1 heterocycles. The van der Waals surface area contributed by atoms with Crippen molar-refractivity contribution >= 4 is 0 Å². The minimum absolute atomic E-state index is 0.0151. The van der Waals surface area contributed by atoms with Gasteiger partial charge in [0.25, 0.3) is 0 Å². The fraction of sp³-hybridized carbons (Fsp3) is 0.400. The Balaban J connectivity index is 2.01. The maximum Gasteiger partial charge on any atom is 0.211 e. The quantitative estimate of drug-likeness (QED) is 0.838. The summed E-state index contributed by atoms with van der Waals surface area (Å²) in [7, 11) is 0. The summed E-state index contributed by atoms with van der Waals surface area (Å²) in [6.07, 6.45) is 2.14. The molecular formula is C15H20N2O2. The maximum absolute atomic E-state index is 9.52. The van der Waals surface area contributed by atoms with Crippen LogP contribution in [0, 0.1) is 0 Å². The molecule has 4 nitrogen and oxygen atoms in total. The van der Waals surface area contributed by atoms with E-state index in [0.29, 0.717) is 12.4 Å². The molecule has 102 valence electrons. The first-order valence-corrected chi connectivity index (χ1v) is 6.63. The Labute approximate surface area is 113 Å². The van der Waals surface area contributed by atoms with Crippen molar-refractivity contribution in [2.24, 2.45) is 0 Å². The molecular weight excluding hydrogens is 240 g/mol. The molecule has 0 aliphatic rings. The maximum atomic E-state index is 9.52. The molecule has 2 aromatic rings. The summed E-state index contributed by atoms with van der Waals surface area (Å²) < 4.78 is 5.74. The third-order valence-corrected chi connectivity index (χ3v) is 3.08. The van der Waals surface area contributed by atoms with Gasteiger partial charge in [-0.3, -0.25) is 0 Å². The van der Waals surface area contributed by atoms with Crippen LogP contribution in [0.4, 0.5) is 0 Å². The molecule has 0 saturated carbocycles. The number of hydrogen-bond donors (Lipinski definition) is 2. The largest absolute Gasteiger partial charge is 0.439 e. The van der Waals surface area contributed by atoms with Crippen LogP contribution < -0.4 is 5.32 Å². The van der Waals surface area contributed by atoms with Crippen molar-refractivity contribution in [3.63, 3.8) is 0 Å². The van der Waals surface area contributed by atoms with Crippen LogP contribution >= 0.6 is 0 Å². The first-order valence-electron chi connectivity index (χ1n) is 6.63. The monoisotopic (exact) mass is 260 g/mol. The summed E-state index contributed by atoms with van der Waals surface area (Å²) >= 11 is 0. The molecule has 0 fully saturated rings. The van der Waals surface area contributed by atoms with Crippen molar-refractivity contribution in [3.05, 3.63) is 42.4 Å². The molecule has 19 heavy (non-hydrogen) atoms. The molecule has 2 atom stereocenters. The lowest BCUT2D eigenvalue weighted by Gasteiger charge is -2.13. The molecule has 1 aromatic carbocycles. The smallest absolute Gasteiger partial charge is 0.211 e. The molecule has 0 aliphatic heterocycles. The van der Waals surface area contributed by atoms with E-state index in [-0.39, 0.29) is 12.1 Å². The Hall–Kier alpha value is -1.65. The van der Waals surface area contributed by atoms with Gasteiger partial charge in [-0.25, -0.2) is 4.98 Å². The molecule has 0 amide bonds. The number of aliphatic hydroxyl groups is 1. The second kappa shape index (κ2) is 6.50. The van der Waals surface area contributed by atoms with Crippen molar-refractivity contribution in [2.75, 3.05) is 6.54 Å². The van der Waals surface area contributed by atoms with Gasteiger partial charge >= 0.3 is 0 Å². The average molecular weight is 260 g/mol. The third kappa shape index (κ3) is 3.66. The highest BCUT2D eigenvalue weighted by atomic mass is 16.4. The highest BCUT2D eigenvalue weighted by Crippen LogP contribution is 2.22. The van der Waals surface area contributed by atoms with Crippen LogP contribution in [0.3, 0.4) is 0 Å². The van der Waals surface area contributed by atoms with Crippen molar-refractivity contribution in [2.45, 2.75) is 32.4 Å². The van der Waals surface area contributed by atoms with Crippen LogP contribution in [-0.2, 0) is 0 Å². The number of hydrogen-bond acceptors (Lipinski definition) is 4. The van der Waals surface area contributed by atoms with Crippen LogP contribution in [0.15, 0.2) is 40.9 Å². The summed E-state index contributed by atoms with van der Waals surface area (Å²) in [4.78, 5) is 4.29. The molecule has 0 bridgehead atoms. The van der Waals surface area contributed by atoms with E-state index in [2.05, 4.69) is 10.3 Å². The molecule has 0 saturated heterocycles. The Bertz CT molecular complexity index is 496. The molecule has 0 radical (unpaired) electrons. The standard InChI is InChI=1S/C15H20N2O2/c1-3-13(18)9-16-11(2)15-17-10-14(19-15)12-7-5-4-6-8-12/h4-8,10-11,13,16,18H,3,9H2,1-2H3/t11-,13+/m0/s1. The Kier molecular flexibility index (Phi) is 4.71. The minimum atomic E-state index is -0.328. The van der Waals surface area contributed by atoms with Crippen LogP contribution in [0.1, 0.15) is 32.2 Å². The Morgan fingerprint density at radius 3 is 2.74 bits per heavy atom. The third-order valence-electron chi connectivity index (χ3n) is 3.08. The average Bonchev–Trinajstić information content (AvgIpc) is 2.95. The number of nitrogens with one attached hydrogen (secondary N) is 1. The van der Waals surface area contributed by atoms with Gasteiger partial charge in [-0.2, -0.15) is 0 Å². The number of nitrogens with zero attached hydrogens (tertiary/aromatic N) is 1. The topological polar surface area (TPSA) is 58.3 Å². The van der Waals surface area contributed by atoms with Crippen molar-refractivity contribution in [3.8, 4) is 11.3 Å². The molecule has 0 unspecified atom stereocenters. The molecule has 1 aromatic heterocycles. The van der Waals surface area contributed by atoms with Gasteiger partial charge in [-0.05, 0) is 13.3 Å². The number of rotatable bonds is 6. The van der Waals surface area contributed by atoms with Crippen LogP contribution in [0.2, 0.25) is 0 Å². The molecule has 0 spiro atoms. The highest BCUT2D eigenvalue weighted by Gasteiger charge is 2.13. The van der Waals surface area contributed by atoms with Crippen LogP contribution in [0.25, 0.3) is 11.3 Å². The van der Waals surface area contributed by atoms with Gasteiger partial charge in [-0.1, -0.05) is 37.3 Å². The minimum Gasteiger partial charge on any atom is -0.439 e. The van der Waals surface area contributed by atoms with Gasteiger partial charge in [-0.15, -0.1) is 0 Å². The number of aromatic nitrogens is 1. The van der Waals surface area contributed by atoms with Gasteiger partial charge in [0.2, 0.25) is 5.89 Å². The lowest BCUT2D eigenvalue weighted by molar-refractivity contribution is 0.162. The van der Waals surface area contributed by atoms with E-state index in [4.69, 9.17) is 4.42 Å². The Morgan fingerprint density at radius 2 is 2.05 bits per heavy atom. The fourth-order valence-electron chi connectivity index (χ4n) is 1.77. The van der Waals surface area contributed by atoms with E-state index in [1.807, 2.05) is 44.2 Å². The summed E-state index contributed by atoms with van der Waals surface area (Å²) in [5.41, 5.74) is 1.02. The SMILES string of the molecule is CC[C@@H](O)CN[C@@H](C)c1ncc(-c2ccccc2)o1. The zero-order valence-corrected chi connectivity index (χ0v) is 11.3.